The van der Waals surface area contributed by atoms with E-state index in [2.05, 4.69) is 47.0 Å². The van der Waals surface area contributed by atoms with Crippen molar-refractivity contribution in [2.75, 3.05) is 17.2 Å². The molecule has 1 fully saturated rings. The summed E-state index contributed by atoms with van der Waals surface area (Å²) in [6.45, 7) is 2.95. The van der Waals surface area contributed by atoms with Crippen LogP contribution in [0, 0.1) is 12.8 Å². The number of nitrogens with zero attached hydrogens (tertiary/aromatic N) is 3. The number of para-hydroxylation sites is 1. The number of anilines is 2. The normalized spacial score (nSPS) is 17.9. The van der Waals surface area contributed by atoms with Crippen LogP contribution in [0.25, 0.3) is 30.9 Å². The Morgan fingerprint density at radius 3 is 2.60 bits per heavy atom. The highest BCUT2D eigenvalue weighted by Gasteiger charge is 2.26. The van der Waals surface area contributed by atoms with Crippen LogP contribution in [0.1, 0.15) is 29.8 Å². The lowest BCUT2D eigenvalue weighted by molar-refractivity contribution is 0.229. The van der Waals surface area contributed by atoms with Gasteiger partial charge in [-0.2, -0.15) is 4.98 Å². The molecule has 178 valence electrons. The van der Waals surface area contributed by atoms with Gasteiger partial charge in [-0.05, 0) is 61.8 Å². The number of nitrogens with one attached hydrogen (secondary N) is 2. The number of thiophene rings is 1. The maximum Gasteiger partial charge on any atom is 0.225 e. The quantitative estimate of drug-likeness (QED) is 0.237. The van der Waals surface area contributed by atoms with Gasteiger partial charge in [0.05, 0.1) is 28.0 Å². The van der Waals surface area contributed by atoms with Crippen molar-refractivity contribution in [1.29, 1.82) is 0 Å². The molecule has 1 saturated carbocycles. The van der Waals surface area contributed by atoms with Crippen molar-refractivity contribution in [3.8, 4) is 10.6 Å². The largest absolute Gasteiger partial charge is 0.396 e. The van der Waals surface area contributed by atoms with Gasteiger partial charge in [0, 0.05) is 22.2 Å². The van der Waals surface area contributed by atoms with Crippen LogP contribution in [0.4, 0.5) is 11.8 Å². The molecule has 3 aromatic heterocycles. The predicted molar refractivity (Wildman–Crippen MR) is 146 cm³/mol. The molecule has 8 heteroatoms. The molecule has 0 unspecified atom stereocenters. The van der Waals surface area contributed by atoms with E-state index in [1.165, 1.54) is 15.0 Å². The number of benzene rings is 2. The zero-order valence-electron chi connectivity index (χ0n) is 19.5. The smallest absolute Gasteiger partial charge is 0.225 e. The number of aliphatic hydroxyl groups is 1. The summed E-state index contributed by atoms with van der Waals surface area (Å²) in [5.41, 5.74) is 2.86. The molecule has 0 spiro atoms. The summed E-state index contributed by atoms with van der Waals surface area (Å²) < 4.78 is 2.44. The Morgan fingerprint density at radius 1 is 0.971 bits per heavy atom. The molecule has 6 rings (SSSR count). The molecule has 2 aromatic carbocycles. The van der Waals surface area contributed by atoms with Crippen molar-refractivity contribution < 1.29 is 5.11 Å². The standard InChI is InChI=1S/C27H27N5OS2/c1-16-24(26-31-21-7-3-5-9-23(21)35-26)25(30-19-11-10-17(12-19)15-33)32-27(29-16)28-14-20-13-18-6-2-4-8-22(18)34-20/h2-9,13,17,19,33H,10-12,14-15H2,1H3,(H2,28,29,30,32)/t17-,19+/m1/s1. The van der Waals surface area contributed by atoms with Gasteiger partial charge in [-0.15, -0.1) is 22.7 Å². The molecular formula is C27H27N5OS2. The molecule has 2 atom stereocenters. The molecule has 0 saturated heterocycles. The van der Waals surface area contributed by atoms with E-state index in [-0.39, 0.29) is 12.6 Å². The molecule has 0 bridgehead atoms. The summed E-state index contributed by atoms with van der Waals surface area (Å²) in [6.07, 6.45) is 3.01. The third kappa shape index (κ3) is 4.61. The fraction of sp³-hybridized carbons (Fsp3) is 0.296. The van der Waals surface area contributed by atoms with Crippen LogP contribution >= 0.6 is 22.7 Å². The fourth-order valence-electron chi connectivity index (χ4n) is 4.85. The van der Waals surface area contributed by atoms with Gasteiger partial charge >= 0.3 is 0 Å². The highest BCUT2D eigenvalue weighted by atomic mass is 32.1. The SMILES string of the molecule is Cc1nc(NCc2cc3ccccc3s2)nc(N[C@H]2CC[C@@H](CO)C2)c1-c1nc2ccccc2s1. The van der Waals surface area contributed by atoms with Crippen molar-refractivity contribution in [2.24, 2.45) is 5.92 Å². The number of thiazole rings is 1. The van der Waals surface area contributed by atoms with Crippen LogP contribution in [0.5, 0.6) is 0 Å². The van der Waals surface area contributed by atoms with Crippen molar-refractivity contribution >= 4 is 54.7 Å². The first-order chi connectivity index (χ1) is 17.2. The van der Waals surface area contributed by atoms with E-state index in [4.69, 9.17) is 15.0 Å². The minimum atomic E-state index is 0.244. The Balaban J connectivity index is 1.33. The van der Waals surface area contributed by atoms with Gasteiger partial charge in [0.15, 0.2) is 0 Å². The summed E-state index contributed by atoms with van der Waals surface area (Å²) in [4.78, 5) is 15.9. The Morgan fingerprint density at radius 2 is 1.80 bits per heavy atom. The zero-order chi connectivity index (χ0) is 23.8. The lowest BCUT2D eigenvalue weighted by atomic mass is 10.1. The monoisotopic (exact) mass is 501 g/mol. The van der Waals surface area contributed by atoms with E-state index < -0.39 is 0 Å². The van der Waals surface area contributed by atoms with Crippen LogP contribution in [0.2, 0.25) is 0 Å². The Labute approximate surface area is 212 Å². The molecule has 5 aromatic rings. The molecule has 3 heterocycles. The topological polar surface area (TPSA) is 83.0 Å². The Bertz CT molecular complexity index is 1430. The number of aromatic nitrogens is 3. The van der Waals surface area contributed by atoms with Gasteiger partial charge in [-0.3, -0.25) is 0 Å². The summed E-state index contributed by atoms with van der Waals surface area (Å²) in [5, 5.41) is 18.9. The van der Waals surface area contributed by atoms with Gasteiger partial charge in [0.2, 0.25) is 5.95 Å². The van der Waals surface area contributed by atoms with E-state index in [1.807, 2.05) is 25.1 Å². The molecular weight excluding hydrogens is 474 g/mol. The van der Waals surface area contributed by atoms with Crippen molar-refractivity contribution in [3.63, 3.8) is 0 Å². The van der Waals surface area contributed by atoms with Crippen molar-refractivity contribution in [2.45, 2.75) is 38.8 Å². The van der Waals surface area contributed by atoms with Gasteiger partial charge < -0.3 is 15.7 Å². The van der Waals surface area contributed by atoms with Crippen molar-refractivity contribution in [1.82, 2.24) is 15.0 Å². The van der Waals surface area contributed by atoms with E-state index >= 15 is 0 Å². The first-order valence-corrected chi connectivity index (χ1v) is 13.6. The van der Waals surface area contributed by atoms with Crippen LogP contribution in [0.15, 0.2) is 54.6 Å². The average Bonchev–Trinajstić information content (AvgIpc) is 3.60. The average molecular weight is 502 g/mol. The lowest BCUT2D eigenvalue weighted by Crippen LogP contribution is -2.19. The maximum atomic E-state index is 9.61. The van der Waals surface area contributed by atoms with E-state index in [1.54, 1.807) is 22.7 Å². The minimum Gasteiger partial charge on any atom is -0.396 e. The van der Waals surface area contributed by atoms with E-state index in [0.29, 0.717) is 18.4 Å². The molecule has 3 N–H and O–H groups in total. The van der Waals surface area contributed by atoms with E-state index in [0.717, 1.165) is 51.6 Å². The second-order valence-corrected chi connectivity index (χ2v) is 11.3. The highest BCUT2D eigenvalue weighted by molar-refractivity contribution is 7.21. The summed E-state index contributed by atoms with van der Waals surface area (Å²) in [6, 6.07) is 19.2. The molecule has 1 aliphatic carbocycles. The first-order valence-electron chi connectivity index (χ1n) is 12.0. The maximum absolute atomic E-state index is 9.61. The summed E-state index contributed by atoms with van der Waals surface area (Å²) >= 11 is 3.46. The molecule has 6 nitrogen and oxygen atoms in total. The van der Waals surface area contributed by atoms with Gasteiger partial charge in [0.25, 0.3) is 0 Å². The zero-order valence-corrected chi connectivity index (χ0v) is 21.1. The molecule has 1 aliphatic rings. The highest BCUT2D eigenvalue weighted by Crippen LogP contribution is 2.38. The number of hydrogen-bond acceptors (Lipinski definition) is 8. The Kier molecular flexibility index (Phi) is 6.10. The first kappa shape index (κ1) is 22.4. The van der Waals surface area contributed by atoms with Gasteiger partial charge in [0.1, 0.15) is 10.8 Å². The second-order valence-electron chi connectivity index (χ2n) is 9.15. The minimum absolute atomic E-state index is 0.244. The third-order valence-electron chi connectivity index (χ3n) is 6.64. The van der Waals surface area contributed by atoms with Crippen LogP contribution in [-0.2, 0) is 6.54 Å². The predicted octanol–water partition coefficient (Wildman–Crippen LogP) is 6.46. The molecule has 35 heavy (non-hydrogen) atoms. The van der Waals surface area contributed by atoms with Crippen LogP contribution in [-0.4, -0.2) is 32.7 Å². The number of hydrogen-bond donors (Lipinski definition) is 3. The van der Waals surface area contributed by atoms with Crippen LogP contribution < -0.4 is 10.6 Å². The summed E-state index contributed by atoms with van der Waals surface area (Å²) in [7, 11) is 0. The lowest BCUT2D eigenvalue weighted by Gasteiger charge is -2.18. The fourth-order valence-corrected chi connectivity index (χ4v) is 6.91. The number of rotatable bonds is 7. The number of fused-ring (bicyclic) bond motifs is 2. The molecule has 0 radical (unpaired) electrons. The molecule has 0 amide bonds. The number of aliphatic hydroxyl groups excluding tert-OH is 1. The second kappa shape index (κ2) is 9.53. The van der Waals surface area contributed by atoms with Gasteiger partial charge in [-0.25, -0.2) is 9.97 Å². The summed E-state index contributed by atoms with van der Waals surface area (Å²) in [5.74, 6) is 1.79. The van der Waals surface area contributed by atoms with Gasteiger partial charge in [-0.1, -0.05) is 30.3 Å². The van der Waals surface area contributed by atoms with Crippen molar-refractivity contribution in [3.05, 3.63) is 65.2 Å². The van der Waals surface area contributed by atoms with Crippen LogP contribution in [0.3, 0.4) is 0 Å². The third-order valence-corrected chi connectivity index (χ3v) is 8.81. The Hall–Kier alpha value is -3.07. The van der Waals surface area contributed by atoms with E-state index in [9.17, 15) is 5.11 Å². The number of aryl methyl sites for hydroxylation is 1. The molecule has 0 aliphatic heterocycles.